The molecule has 28 heavy (non-hydrogen) atoms. The number of piperazine rings is 2. The Balaban J connectivity index is 1.32. The number of aromatic amines is 1. The first kappa shape index (κ1) is 18.5. The zero-order valence-electron chi connectivity index (χ0n) is 16.2. The van der Waals surface area contributed by atoms with E-state index in [-0.39, 0.29) is 11.9 Å². The van der Waals surface area contributed by atoms with Crippen molar-refractivity contribution < 1.29 is 9.59 Å². The Bertz CT molecular complexity index is 804. The fourth-order valence-electron chi connectivity index (χ4n) is 3.69. The van der Waals surface area contributed by atoms with Crippen LogP contribution in [0.25, 0.3) is 11.3 Å². The highest BCUT2D eigenvalue weighted by atomic mass is 16.2. The average molecular weight is 382 g/mol. The van der Waals surface area contributed by atoms with Crippen LogP contribution >= 0.6 is 0 Å². The van der Waals surface area contributed by atoms with E-state index >= 15 is 0 Å². The largest absolute Gasteiger partial charge is 0.345 e. The van der Waals surface area contributed by atoms with Crippen LogP contribution < -0.4 is 0 Å². The molecule has 148 valence electrons. The predicted octanol–water partition coefficient (Wildman–Crippen LogP) is 1.20. The van der Waals surface area contributed by atoms with Crippen molar-refractivity contribution in [2.45, 2.75) is 0 Å². The van der Waals surface area contributed by atoms with E-state index in [4.69, 9.17) is 0 Å². The monoisotopic (exact) mass is 382 g/mol. The molecular formula is C20H26N6O2. The number of urea groups is 1. The maximum absolute atomic E-state index is 12.8. The highest BCUT2D eigenvalue weighted by Gasteiger charge is 2.28. The molecule has 2 saturated heterocycles. The summed E-state index contributed by atoms with van der Waals surface area (Å²) >= 11 is 0. The van der Waals surface area contributed by atoms with Crippen molar-refractivity contribution in [1.82, 2.24) is 29.6 Å². The molecule has 2 fully saturated rings. The molecule has 0 bridgehead atoms. The van der Waals surface area contributed by atoms with Gasteiger partial charge in [-0.1, -0.05) is 12.1 Å². The number of benzene rings is 1. The first-order valence-corrected chi connectivity index (χ1v) is 9.72. The molecule has 2 aliphatic heterocycles. The third kappa shape index (κ3) is 3.87. The van der Waals surface area contributed by atoms with Gasteiger partial charge in [0.15, 0.2) is 0 Å². The van der Waals surface area contributed by atoms with E-state index in [0.717, 1.165) is 37.4 Å². The molecule has 8 heteroatoms. The number of carbonyl (C=O) groups excluding carboxylic acids is 2. The number of aromatic nitrogens is 2. The van der Waals surface area contributed by atoms with Gasteiger partial charge in [-0.15, -0.1) is 0 Å². The summed E-state index contributed by atoms with van der Waals surface area (Å²) in [6.07, 6.45) is 3.39. The number of rotatable bonds is 2. The van der Waals surface area contributed by atoms with Gasteiger partial charge >= 0.3 is 6.03 Å². The molecule has 1 N–H and O–H groups in total. The van der Waals surface area contributed by atoms with Crippen LogP contribution in [0, 0.1) is 0 Å². The van der Waals surface area contributed by atoms with Gasteiger partial charge in [0.1, 0.15) is 0 Å². The Kier molecular flexibility index (Phi) is 5.29. The van der Waals surface area contributed by atoms with Gasteiger partial charge in [0.05, 0.1) is 18.2 Å². The van der Waals surface area contributed by atoms with E-state index in [1.807, 2.05) is 39.0 Å². The lowest BCUT2D eigenvalue weighted by molar-refractivity contribution is 0.0619. The van der Waals surface area contributed by atoms with Crippen LogP contribution in [0.15, 0.2) is 36.8 Å². The molecule has 3 heterocycles. The summed E-state index contributed by atoms with van der Waals surface area (Å²) in [7, 11) is 2.08. The Morgan fingerprint density at radius 1 is 0.857 bits per heavy atom. The smallest absolute Gasteiger partial charge is 0.320 e. The zero-order valence-corrected chi connectivity index (χ0v) is 16.2. The maximum atomic E-state index is 12.8. The van der Waals surface area contributed by atoms with Crippen molar-refractivity contribution in [1.29, 1.82) is 0 Å². The number of amides is 3. The van der Waals surface area contributed by atoms with Crippen molar-refractivity contribution in [3.05, 3.63) is 42.4 Å². The summed E-state index contributed by atoms with van der Waals surface area (Å²) in [6, 6.07) is 7.64. The lowest BCUT2D eigenvalue weighted by atomic mass is 10.1. The van der Waals surface area contributed by atoms with Crippen molar-refractivity contribution in [2.75, 3.05) is 59.4 Å². The van der Waals surface area contributed by atoms with Gasteiger partial charge in [-0.2, -0.15) is 0 Å². The number of carbonyl (C=O) groups is 2. The number of imidazole rings is 1. The Morgan fingerprint density at radius 3 is 2.00 bits per heavy atom. The van der Waals surface area contributed by atoms with E-state index in [1.165, 1.54) is 0 Å². The SMILES string of the molecule is CN1CCN(C(=O)N2CCN(C(=O)c3ccc(-c4cnc[nH]4)cc3)CC2)CC1. The van der Waals surface area contributed by atoms with Crippen LogP contribution in [-0.4, -0.2) is 101 Å². The van der Waals surface area contributed by atoms with Gasteiger partial charge in [-0.3, -0.25) is 4.79 Å². The third-order valence-corrected chi connectivity index (χ3v) is 5.55. The Morgan fingerprint density at radius 2 is 1.43 bits per heavy atom. The first-order valence-electron chi connectivity index (χ1n) is 9.72. The number of nitrogens with one attached hydrogen (secondary N) is 1. The molecule has 1 aromatic heterocycles. The standard InChI is InChI=1S/C20H26N6O2/c1-23-6-8-25(9-7-23)20(28)26-12-10-24(11-13-26)19(27)17-4-2-16(3-5-17)18-14-21-15-22-18/h2-5,14-15H,6-13H2,1H3,(H,21,22). The fraction of sp³-hybridized carbons (Fsp3) is 0.450. The van der Waals surface area contributed by atoms with Crippen LogP contribution in [0.2, 0.25) is 0 Å². The quantitative estimate of drug-likeness (QED) is 0.847. The molecule has 0 unspecified atom stereocenters. The van der Waals surface area contributed by atoms with Crippen LogP contribution in [0.4, 0.5) is 4.79 Å². The van der Waals surface area contributed by atoms with Gasteiger partial charge in [-0.05, 0) is 24.7 Å². The molecular weight excluding hydrogens is 356 g/mol. The van der Waals surface area contributed by atoms with Crippen LogP contribution in [0.5, 0.6) is 0 Å². The Labute approximate surface area is 164 Å². The van der Waals surface area contributed by atoms with E-state index in [0.29, 0.717) is 31.7 Å². The van der Waals surface area contributed by atoms with E-state index in [1.54, 1.807) is 12.5 Å². The molecule has 3 amide bonds. The second kappa shape index (κ2) is 8.02. The van der Waals surface area contributed by atoms with Crippen molar-refractivity contribution in [3.8, 4) is 11.3 Å². The second-order valence-electron chi connectivity index (χ2n) is 7.39. The summed E-state index contributed by atoms with van der Waals surface area (Å²) in [5.41, 5.74) is 2.59. The first-order chi connectivity index (χ1) is 13.6. The van der Waals surface area contributed by atoms with Gasteiger partial charge in [0.2, 0.25) is 0 Å². The molecule has 8 nitrogen and oxygen atoms in total. The second-order valence-corrected chi connectivity index (χ2v) is 7.39. The molecule has 1 aromatic carbocycles. The fourth-order valence-corrected chi connectivity index (χ4v) is 3.69. The number of hydrogen-bond donors (Lipinski definition) is 1. The van der Waals surface area contributed by atoms with E-state index < -0.39 is 0 Å². The summed E-state index contributed by atoms with van der Waals surface area (Å²) in [6.45, 7) is 5.69. The van der Waals surface area contributed by atoms with Gasteiger partial charge in [0.25, 0.3) is 5.91 Å². The number of hydrogen-bond acceptors (Lipinski definition) is 4. The minimum absolute atomic E-state index is 0.0165. The summed E-state index contributed by atoms with van der Waals surface area (Å²) in [5, 5.41) is 0. The molecule has 0 radical (unpaired) electrons. The Hall–Kier alpha value is -2.87. The molecule has 2 aliphatic rings. The maximum Gasteiger partial charge on any atom is 0.320 e. The van der Waals surface area contributed by atoms with Crippen LogP contribution in [0.1, 0.15) is 10.4 Å². The van der Waals surface area contributed by atoms with Gasteiger partial charge in [0, 0.05) is 57.9 Å². The topological polar surface area (TPSA) is 75.8 Å². The number of H-pyrrole nitrogens is 1. The van der Waals surface area contributed by atoms with E-state index in [2.05, 4.69) is 21.9 Å². The van der Waals surface area contributed by atoms with Gasteiger partial charge in [-0.25, -0.2) is 9.78 Å². The number of likely N-dealkylation sites (N-methyl/N-ethyl adjacent to an activating group) is 1. The van der Waals surface area contributed by atoms with Crippen molar-refractivity contribution in [3.63, 3.8) is 0 Å². The average Bonchev–Trinajstić information content (AvgIpc) is 3.28. The minimum atomic E-state index is 0.0165. The zero-order chi connectivity index (χ0) is 19.5. The summed E-state index contributed by atoms with van der Waals surface area (Å²) in [5.74, 6) is 0.0165. The third-order valence-electron chi connectivity index (χ3n) is 5.55. The molecule has 0 atom stereocenters. The van der Waals surface area contributed by atoms with Crippen molar-refractivity contribution in [2.24, 2.45) is 0 Å². The predicted molar refractivity (Wildman–Crippen MR) is 106 cm³/mol. The normalized spacial score (nSPS) is 18.4. The van der Waals surface area contributed by atoms with Crippen molar-refractivity contribution >= 4 is 11.9 Å². The lowest BCUT2D eigenvalue weighted by Crippen LogP contribution is -2.57. The highest BCUT2D eigenvalue weighted by Crippen LogP contribution is 2.18. The molecule has 4 rings (SSSR count). The van der Waals surface area contributed by atoms with Gasteiger partial charge < -0.3 is 24.6 Å². The minimum Gasteiger partial charge on any atom is -0.345 e. The summed E-state index contributed by atoms with van der Waals surface area (Å²) in [4.78, 5) is 40.4. The van der Waals surface area contributed by atoms with Crippen LogP contribution in [-0.2, 0) is 0 Å². The highest BCUT2D eigenvalue weighted by molar-refractivity contribution is 5.94. The molecule has 2 aromatic rings. The van der Waals surface area contributed by atoms with Crippen LogP contribution in [0.3, 0.4) is 0 Å². The molecule has 0 saturated carbocycles. The lowest BCUT2D eigenvalue weighted by Gasteiger charge is -2.40. The molecule has 0 spiro atoms. The molecule has 0 aliphatic carbocycles. The summed E-state index contributed by atoms with van der Waals surface area (Å²) < 4.78 is 0. The van der Waals surface area contributed by atoms with E-state index in [9.17, 15) is 9.59 Å². The number of nitrogens with zero attached hydrogens (tertiary/aromatic N) is 5.